The van der Waals surface area contributed by atoms with Crippen LogP contribution in [0, 0.1) is 0 Å². The molecule has 0 aliphatic heterocycles. The first-order chi connectivity index (χ1) is 40.0. The first-order valence-corrected chi connectivity index (χ1v) is 36.1. The second kappa shape index (κ2) is 63.0. The van der Waals surface area contributed by atoms with E-state index in [4.69, 9.17) is 18.5 Å². The van der Waals surface area contributed by atoms with E-state index >= 15 is 0 Å². The SMILES string of the molecule is CC/C=C\C/C=C\C/C=C\C/C=C\CCCCCCCCCCCCCCCCCCCCCCCCCCCCCCC(=O)OC(COC(=O)CCCCCCCCC/C=C\C/C=C\CCCCC)COP(=O)([O-])OCC[N+](C)(C)C. The lowest BCUT2D eigenvalue weighted by Gasteiger charge is -2.28. The molecule has 0 amide bonds. The van der Waals surface area contributed by atoms with Crippen LogP contribution >= 0.6 is 7.82 Å². The maximum atomic E-state index is 12.8. The van der Waals surface area contributed by atoms with E-state index in [0.717, 1.165) is 77.0 Å². The van der Waals surface area contributed by atoms with E-state index in [1.165, 1.54) is 212 Å². The van der Waals surface area contributed by atoms with Crippen LogP contribution in [0.4, 0.5) is 0 Å². The highest BCUT2D eigenvalue weighted by atomic mass is 31.2. The van der Waals surface area contributed by atoms with Gasteiger partial charge in [0.2, 0.25) is 0 Å². The molecule has 82 heavy (non-hydrogen) atoms. The Labute approximate surface area is 508 Å². The Hall–Kier alpha value is -2.55. The number of hydrogen-bond donors (Lipinski definition) is 0. The summed E-state index contributed by atoms with van der Waals surface area (Å²) in [5.74, 6) is -0.830. The van der Waals surface area contributed by atoms with Crippen molar-refractivity contribution in [2.24, 2.45) is 0 Å². The number of esters is 2. The standard InChI is InChI=1S/C72H132NO8P/c1-6-8-10-12-14-16-18-20-22-24-25-26-27-28-29-30-31-32-33-34-35-36-37-38-39-40-41-42-43-44-45-46-47-49-51-53-55-57-59-61-63-65-72(75)81-70(69-80-82(76,77)79-67-66-73(3,4)5)68-78-71(74)64-62-60-58-56-54-52-50-48-23-21-19-17-15-13-11-9-7-2/h8,10,14-17,20-23,25-26,70H,6-7,9,11-13,18-19,24,27-69H2,1-5H3/b10-8-,16-14-,17-15-,22-20-,23-21-,26-25-. The number of unbranched alkanes of at least 4 members (excludes halogenated alkanes) is 38. The van der Waals surface area contributed by atoms with Gasteiger partial charge in [0.05, 0.1) is 27.7 Å². The van der Waals surface area contributed by atoms with E-state index in [2.05, 4.69) is 86.8 Å². The van der Waals surface area contributed by atoms with Crippen LogP contribution in [0.5, 0.6) is 0 Å². The molecule has 0 rings (SSSR count). The first kappa shape index (κ1) is 79.5. The van der Waals surface area contributed by atoms with Crippen molar-refractivity contribution in [1.82, 2.24) is 0 Å². The summed E-state index contributed by atoms with van der Waals surface area (Å²) in [6.07, 6.45) is 84.3. The fourth-order valence-corrected chi connectivity index (χ4v) is 10.6. The highest BCUT2D eigenvalue weighted by molar-refractivity contribution is 7.45. The summed E-state index contributed by atoms with van der Waals surface area (Å²) in [6, 6.07) is 0. The second-order valence-corrected chi connectivity index (χ2v) is 25.9. The molecule has 0 saturated heterocycles. The predicted molar refractivity (Wildman–Crippen MR) is 351 cm³/mol. The molecule has 0 aromatic heterocycles. The Balaban J connectivity index is 3.88. The van der Waals surface area contributed by atoms with Gasteiger partial charge in [0.1, 0.15) is 19.8 Å². The molecule has 0 heterocycles. The van der Waals surface area contributed by atoms with E-state index in [1.54, 1.807) is 0 Å². The number of rotatable bonds is 64. The molecule has 0 spiro atoms. The lowest BCUT2D eigenvalue weighted by atomic mass is 10.0. The number of phosphoric ester groups is 1. The van der Waals surface area contributed by atoms with E-state index in [9.17, 15) is 19.0 Å². The minimum Gasteiger partial charge on any atom is -0.756 e. The third-order valence-electron chi connectivity index (χ3n) is 15.2. The minimum absolute atomic E-state index is 0.0316. The highest BCUT2D eigenvalue weighted by Gasteiger charge is 2.22. The van der Waals surface area contributed by atoms with Crippen molar-refractivity contribution >= 4 is 19.8 Å². The topological polar surface area (TPSA) is 111 Å². The van der Waals surface area contributed by atoms with E-state index < -0.39 is 26.5 Å². The first-order valence-electron chi connectivity index (χ1n) is 34.6. The van der Waals surface area contributed by atoms with Gasteiger partial charge in [-0.05, 0) is 83.5 Å². The molecule has 478 valence electrons. The van der Waals surface area contributed by atoms with Gasteiger partial charge in [0, 0.05) is 12.8 Å². The molecule has 10 heteroatoms. The molecule has 0 fully saturated rings. The average molecular weight is 1170 g/mol. The van der Waals surface area contributed by atoms with E-state index in [-0.39, 0.29) is 32.0 Å². The maximum absolute atomic E-state index is 12.8. The van der Waals surface area contributed by atoms with Crippen molar-refractivity contribution in [1.29, 1.82) is 0 Å². The summed E-state index contributed by atoms with van der Waals surface area (Å²) in [4.78, 5) is 38.0. The molecule has 2 atom stereocenters. The van der Waals surface area contributed by atoms with Gasteiger partial charge in [-0.3, -0.25) is 14.2 Å². The summed E-state index contributed by atoms with van der Waals surface area (Å²) < 4.78 is 34.2. The number of likely N-dealkylation sites (N-methyl/N-ethyl adjacent to an activating group) is 1. The molecule has 0 aromatic carbocycles. The lowest BCUT2D eigenvalue weighted by molar-refractivity contribution is -0.870. The van der Waals surface area contributed by atoms with Crippen LogP contribution in [0.15, 0.2) is 72.9 Å². The molecule has 2 unspecified atom stereocenters. The summed E-state index contributed by atoms with van der Waals surface area (Å²) in [5, 5.41) is 0. The van der Waals surface area contributed by atoms with Gasteiger partial charge in [-0.2, -0.15) is 0 Å². The molecule has 0 saturated carbocycles. The van der Waals surface area contributed by atoms with Gasteiger partial charge in [-0.15, -0.1) is 0 Å². The zero-order valence-corrected chi connectivity index (χ0v) is 55.3. The fourth-order valence-electron chi connectivity index (χ4n) is 9.92. The summed E-state index contributed by atoms with van der Waals surface area (Å²) in [7, 11) is 1.17. The van der Waals surface area contributed by atoms with E-state index in [0.29, 0.717) is 17.4 Å². The van der Waals surface area contributed by atoms with Gasteiger partial charge in [-0.25, -0.2) is 0 Å². The van der Waals surface area contributed by atoms with Gasteiger partial charge in [0.15, 0.2) is 6.10 Å². The van der Waals surface area contributed by atoms with Crippen molar-refractivity contribution in [2.75, 3.05) is 47.5 Å². The number of phosphoric acid groups is 1. The highest BCUT2D eigenvalue weighted by Crippen LogP contribution is 2.38. The smallest absolute Gasteiger partial charge is 0.306 e. The number of quaternary nitrogens is 1. The Kier molecular flexibility index (Phi) is 61.0. The molecule has 0 radical (unpaired) electrons. The molecule has 0 aliphatic carbocycles. The van der Waals surface area contributed by atoms with Crippen LogP contribution in [-0.2, 0) is 32.7 Å². The maximum Gasteiger partial charge on any atom is 0.306 e. The van der Waals surface area contributed by atoms with Crippen molar-refractivity contribution < 1.29 is 42.1 Å². The normalized spacial score (nSPS) is 13.6. The fraction of sp³-hybridized carbons (Fsp3) is 0.806. The molecule has 0 bridgehead atoms. The van der Waals surface area contributed by atoms with Crippen molar-refractivity contribution in [3.05, 3.63) is 72.9 Å². The van der Waals surface area contributed by atoms with Crippen molar-refractivity contribution in [2.45, 2.75) is 328 Å². The summed E-state index contributed by atoms with van der Waals surface area (Å²) in [6.45, 7) is 4.13. The molecule has 0 N–H and O–H groups in total. The number of hydrogen-bond acceptors (Lipinski definition) is 8. The number of carbonyl (C=O) groups is 2. The zero-order chi connectivity index (χ0) is 59.8. The second-order valence-electron chi connectivity index (χ2n) is 24.5. The van der Waals surface area contributed by atoms with Gasteiger partial charge in [-0.1, -0.05) is 299 Å². The van der Waals surface area contributed by atoms with Crippen LogP contribution < -0.4 is 4.89 Å². The Morgan fingerprint density at radius 3 is 1.04 bits per heavy atom. The number of allylic oxidation sites excluding steroid dienone is 12. The molecule has 0 aromatic rings. The third kappa shape index (κ3) is 66.6. The Morgan fingerprint density at radius 1 is 0.390 bits per heavy atom. The number of carbonyl (C=O) groups excluding carboxylic acids is 2. The van der Waals surface area contributed by atoms with Crippen LogP contribution in [0.3, 0.4) is 0 Å². The largest absolute Gasteiger partial charge is 0.756 e. The van der Waals surface area contributed by atoms with Crippen LogP contribution in [0.1, 0.15) is 322 Å². The van der Waals surface area contributed by atoms with Crippen LogP contribution in [0.2, 0.25) is 0 Å². The van der Waals surface area contributed by atoms with Crippen molar-refractivity contribution in [3.8, 4) is 0 Å². The van der Waals surface area contributed by atoms with Gasteiger partial charge < -0.3 is 27.9 Å². The predicted octanol–water partition coefficient (Wildman–Crippen LogP) is 21.8. The van der Waals surface area contributed by atoms with E-state index in [1.807, 2.05) is 21.1 Å². The number of ether oxygens (including phenoxy) is 2. The third-order valence-corrected chi connectivity index (χ3v) is 16.2. The van der Waals surface area contributed by atoms with Crippen LogP contribution in [0.25, 0.3) is 0 Å². The monoisotopic (exact) mass is 1170 g/mol. The lowest BCUT2D eigenvalue weighted by Crippen LogP contribution is -2.37. The Morgan fingerprint density at radius 2 is 0.695 bits per heavy atom. The molecule has 0 aliphatic rings. The molecule has 9 nitrogen and oxygen atoms in total. The minimum atomic E-state index is -4.64. The summed E-state index contributed by atoms with van der Waals surface area (Å²) in [5.41, 5.74) is 0. The van der Waals surface area contributed by atoms with Crippen molar-refractivity contribution in [3.63, 3.8) is 0 Å². The van der Waals surface area contributed by atoms with Gasteiger partial charge >= 0.3 is 11.9 Å². The van der Waals surface area contributed by atoms with Crippen LogP contribution in [-0.4, -0.2) is 70.0 Å². The average Bonchev–Trinajstić information content (AvgIpc) is 3.45. The van der Waals surface area contributed by atoms with Gasteiger partial charge in [0.25, 0.3) is 7.82 Å². The molecular weight excluding hydrogens is 1040 g/mol. The quantitative estimate of drug-likeness (QED) is 0.0195. The Bertz CT molecular complexity index is 1610. The molecular formula is C72H132NO8P. The number of nitrogens with zero attached hydrogens (tertiary/aromatic N) is 1. The zero-order valence-electron chi connectivity index (χ0n) is 54.4. The summed E-state index contributed by atoms with van der Waals surface area (Å²) >= 11 is 0.